The number of fused-ring (bicyclic) bond motifs is 1. The van der Waals surface area contributed by atoms with Gasteiger partial charge in [-0.05, 0) is 50.1 Å². The molecule has 4 aromatic rings. The molecule has 34 heavy (non-hydrogen) atoms. The molecule has 0 radical (unpaired) electrons. The van der Waals surface area contributed by atoms with Crippen molar-refractivity contribution in [1.82, 2.24) is 4.57 Å². The van der Waals surface area contributed by atoms with Gasteiger partial charge in [-0.3, -0.25) is 9.36 Å². The van der Waals surface area contributed by atoms with E-state index in [-0.39, 0.29) is 11.4 Å². The fraction of sp³-hybridized carbons (Fsp3) is 0.231. The topological polar surface area (TPSA) is 29.1 Å². The number of nitrogens with zero attached hydrogens (tertiary/aromatic N) is 3. The van der Waals surface area contributed by atoms with Gasteiger partial charge >= 0.3 is 0 Å². The van der Waals surface area contributed by atoms with Crippen molar-refractivity contribution in [3.05, 3.63) is 95.0 Å². The van der Waals surface area contributed by atoms with Crippen molar-refractivity contribution in [1.29, 1.82) is 0 Å². The van der Waals surface area contributed by atoms with Crippen LogP contribution >= 0.6 is 34.4 Å². The number of hydrogen-bond donors (Lipinski definition) is 0. The molecule has 0 atom stereocenters. The molecule has 0 saturated heterocycles. The number of thioether (sulfide) groups is 1. The molecule has 0 bridgehead atoms. The maximum Gasteiger partial charge on any atom is 0.271 e. The third kappa shape index (κ3) is 4.04. The number of rotatable bonds is 4. The van der Waals surface area contributed by atoms with Gasteiger partial charge in [-0.15, -0.1) is 11.3 Å². The van der Waals surface area contributed by atoms with Crippen molar-refractivity contribution < 1.29 is 8.96 Å². The van der Waals surface area contributed by atoms with Gasteiger partial charge in [0.05, 0.1) is 17.1 Å². The van der Waals surface area contributed by atoms with Crippen LogP contribution in [0, 0.1) is 19.7 Å². The molecule has 0 amide bonds. The molecule has 2 aromatic carbocycles. The van der Waals surface area contributed by atoms with Gasteiger partial charge in [0.25, 0.3) is 10.6 Å². The predicted octanol–water partition coefficient (Wildman–Crippen LogP) is 4.22. The summed E-state index contributed by atoms with van der Waals surface area (Å²) in [7, 11) is 1.93. The minimum Gasteiger partial charge on any atom is -0.337 e. The maximum atomic E-state index is 13.8. The Hall–Kier alpha value is -2.68. The highest BCUT2D eigenvalue weighted by molar-refractivity contribution is 8.08. The molecule has 2 aromatic heterocycles. The Morgan fingerprint density at radius 3 is 2.65 bits per heavy atom. The summed E-state index contributed by atoms with van der Waals surface area (Å²) in [5.74, 6) is -0.266. The van der Waals surface area contributed by atoms with E-state index in [0.717, 1.165) is 31.8 Å². The van der Waals surface area contributed by atoms with Crippen LogP contribution in [0.1, 0.15) is 28.6 Å². The first kappa shape index (κ1) is 23.1. The smallest absolute Gasteiger partial charge is 0.271 e. The fourth-order valence-electron chi connectivity index (χ4n) is 4.23. The van der Waals surface area contributed by atoms with Crippen LogP contribution in [0.4, 0.5) is 10.1 Å². The maximum absolute atomic E-state index is 13.8. The van der Waals surface area contributed by atoms with Crippen LogP contribution in [-0.4, -0.2) is 11.6 Å². The molecule has 4 nitrogen and oxygen atoms in total. The van der Waals surface area contributed by atoms with Crippen molar-refractivity contribution in [3.8, 4) is 0 Å². The van der Waals surface area contributed by atoms with E-state index in [1.54, 1.807) is 17.4 Å². The van der Waals surface area contributed by atoms with Gasteiger partial charge in [0.2, 0.25) is 0 Å². The number of benzene rings is 2. The average Bonchev–Trinajstić information content (AvgIpc) is 3.47. The second-order valence-electron chi connectivity index (χ2n) is 8.28. The summed E-state index contributed by atoms with van der Waals surface area (Å²) in [6.45, 7) is 7.67. The summed E-state index contributed by atoms with van der Waals surface area (Å²) in [4.78, 5) is 16.2. The average molecular weight is 511 g/mol. The molecule has 0 spiro atoms. The standard InChI is InChI=1S/C26H25FN3OS3/c1-5-30-23(14-22-29(11-12-32-22)15-19-16(2)7-6-8-17(19)3)34-24(25(30)31)26-28(4)20-10-9-18(27)13-21(20)33-26/h6-14H,5,15H2,1-4H3/q+1/b26-24+. The molecule has 174 valence electrons. The van der Waals surface area contributed by atoms with E-state index in [9.17, 15) is 9.18 Å². The number of aryl methyl sites for hydroxylation is 2. The summed E-state index contributed by atoms with van der Waals surface area (Å²) in [6, 6.07) is 11.2. The first-order valence-electron chi connectivity index (χ1n) is 11.1. The molecule has 8 heteroatoms. The van der Waals surface area contributed by atoms with Crippen LogP contribution in [0.3, 0.4) is 0 Å². The van der Waals surface area contributed by atoms with Crippen LogP contribution in [0.25, 0.3) is 11.1 Å². The number of thiazole rings is 2. The lowest BCUT2D eigenvalue weighted by Gasteiger charge is -2.12. The largest absolute Gasteiger partial charge is 0.337 e. The number of halogens is 1. The summed E-state index contributed by atoms with van der Waals surface area (Å²) < 4.78 is 19.4. The molecule has 3 heterocycles. The summed E-state index contributed by atoms with van der Waals surface area (Å²) >= 11 is 4.63. The second-order valence-corrected chi connectivity index (χ2v) is 11.3. The molecule has 0 saturated carbocycles. The minimum absolute atomic E-state index is 0.000711. The first-order chi connectivity index (χ1) is 16.4. The lowest BCUT2D eigenvalue weighted by Crippen LogP contribution is -2.36. The Kier molecular flexibility index (Phi) is 6.22. The normalized spacial score (nSPS) is 15.3. The Morgan fingerprint density at radius 2 is 1.91 bits per heavy atom. The minimum atomic E-state index is -0.266. The van der Waals surface area contributed by atoms with E-state index in [1.807, 2.05) is 23.4 Å². The fourth-order valence-corrected chi connectivity index (χ4v) is 7.57. The highest BCUT2D eigenvalue weighted by Gasteiger charge is 2.25. The summed E-state index contributed by atoms with van der Waals surface area (Å²) in [5, 5.41) is 4.04. The third-order valence-corrected chi connectivity index (χ3v) is 9.47. The van der Waals surface area contributed by atoms with E-state index >= 15 is 0 Å². The van der Waals surface area contributed by atoms with Crippen LogP contribution in [0.5, 0.6) is 0 Å². The molecule has 0 N–H and O–H groups in total. The molecule has 1 aliphatic heterocycles. The van der Waals surface area contributed by atoms with Crippen LogP contribution < -0.4 is 24.2 Å². The van der Waals surface area contributed by atoms with Gasteiger partial charge in [0.15, 0.2) is 12.7 Å². The van der Waals surface area contributed by atoms with Gasteiger partial charge in [-0.2, -0.15) is 4.57 Å². The van der Waals surface area contributed by atoms with Crippen molar-refractivity contribution in [3.63, 3.8) is 0 Å². The lowest BCUT2D eigenvalue weighted by molar-refractivity contribution is -0.685. The van der Waals surface area contributed by atoms with Gasteiger partial charge in [0.1, 0.15) is 20.0 Å². The predicted molar refractivity (Wildman–Crippen MR) is 141 cm³/mol. The lowest BCUT2D eigenvalue weighted by atomic mass is 10.0. The van der Waals surface area contributed by atoms with Crippen molar-refractivity contribution in [2.45, 2.75) is 38.8 Å². The summed E-state index contributed by atoms with van der Waals surface area (Å²) in [5.41, 5.74) is 4.81. The van der Waals surface area contributed by atoms with Crippen molar-refractivity contribution in [2.24, 2.45) is 0 Å². The third-order valence-electron chi connectivity index (χ3n) is 6.15. The Balaban J connectivity index is 1.61. The molecule has 5 rings (SSSR count). The molecular weight excluding hydrogens is 486 g/mol. The van der Waals surface area contributed by atoms with E-state index in [0.29, 0.717) is 11.1 Å². The molecule has 0 unspecified atom stereocenters. The van der Waals surface area contributed by atoms with Gasteiger partial charge in [-0.25, -0.2) is 4.39 Å². The zero-order valence-electron chi connectivity index (χ0n) is 19.5. The van der Waals surface area contributed by atoms with Gasteiger partial charge < -0.3 is 4.90 Å². The van der Waals surface area contributed by atoms with E-state index in [2.05, 4.69) is 54.3 Å². The molecule has 0 aliphatic carbocycles. The monoisotopic (exact) mass is 510 g/mol. The zero-order chi connectivity index (χ0) is 24.0. The van der Waals surface area contributed by atoms with Gasteiger partial charge in [0, 0.05) is 24.1 Å². The molecular formula is C26H25FN3OS3+. The quantitative estimate of drug-likeness (QED) is 0.385. The van der Waals surface area contributed by atoms with Crippen LogP contribution in [0.15, 0.2) is 57.7 Å². The van der Waals surface area contributed by atoms with Crippen molar-refractivity contribution in [2.75, 3.05) is 11.9 Å². The first-order valence-corrected chi connectivity index (χ1v) is 13.6. The SMILES string of the molecule is CCn1c(=O)/c(=C2\Sc3cc(F)ccc3N2C)s/c1=C\c1scc[n+]1Cc1c(C)cccc1C. The molecule has 1 aliphatic rings. The second kappa shape index (κ2) is 9.17. The number of anilines is 1. The van der Waals surface area contributed by atoms with E-state index < -0.39 is 0 Å². The van der Waals surface area contributed by atoms with Gasteiger partial charge in [-0.1, -0.05) is 41.3 Å². The van der Waals surface area contributed by atoms with Crippen LogP contribution in [0.2, 0.25) is 0 Å². The summed E-state index contributed by atoms with van der Waals surface area (Å²) in [6.07, 6.45) is 4.22. The Bertz CT molecular complexity index is 1560. The number of aromatic nitrogens is 2. The highest BCUT2D eigenvalue weighted by Crippen LogP contribution is 2.45. The van der Waals surface area contributed by atoms with E-state index in [4.69, 9.17) is 0 Å². The Labute approximate surface area is 209 Å². The van der Waals surface area contributed by atoms with Crippen molar-refractivity contribution >= 4 is 51.2 Å². The zero-order valence-corrected chi connectivity index (χ0v) is 21.9. The van der Waals surface area contributed by atoms with E-state index in [1.165, 1.54) is 51.9 Å². The van der Waals surface area contributed by atoms with Crippen LogP contribution in [-0.2, 0) is 13.1 Å². The molecule has 0 fully saturated rings. The Morgan fingerprint density at radius 1 is 1.15 bits per heavy atom. The highest BCUT2D eigenvalue weighted by atomic mass is 32.2. The number of hydrogen-bond acceptors (Lipinski definition) is 5.